The summed E-state index contributed by atoms with van der Waals surface area (Å²) in [6.45, 7) is 6.19. The van der Waals surface area contributed by atoms with E-state index in [4.69, 9.17) is 4.74 Å². The van der Waals surface area contributed by atoms with E-state index in [1.54, 1.807) is 20.8 Å². The van der Waals surface area contributed by atoms with Crippen LogP contribution in [0.1, 0.15) is 27.2 Å². The molecule has 0 radical (unpaired) electrons. The summed E-state index contributed by atoms with van der Waals surface area (Å²) < 4.78 is 18.2. The van der Waals surface area contributed by atoms with Crippen molar-refractivity contribution in [3.8, 4) is 0 Å². The van der Waals surface area contributed by atoms with Crippen LogP contribution in [0.25, 0.3) is 0 Å². The van der Waals surface area contributed by atoms with E-state index in [1.807, 2.05) is 0 Å². The van der Waals surface area contributed by atoms with Crippen LogP contribution in [-0.4, -0.2) is 29.7 Å². The Balaban J connectivity index is 2.32. The second kappa shape index (κ2) is 7.58. The van der Waals surface area contributed by atoms with E-state index in [1.165, 1.54) is 6.07 Å². The Morgan fingerprint density at radius 1 is 1.36 bits per heavy atom. The van der Waals surface area contributed by atoms with Crippen LogP contribution in [0.15, 0.2) is 18.2 Å². The second-order valence-electron chi connectivity index (χ2n) is 5.63. The average Bonchev–Trinajstić information content (AvgIpc) is 2.37. The molecule has 1 amide bonds. The summed E-state index contributed by atoms with van der Waals surface area (Å²) in [6.07, 6.45) is 0.0923. The molecule has 1 rings (SSSR count). The van der Waals surface area contributed by atoms with Crippen LogP contribution in [0.2, 0.25) is 0 Å². The first-order chi connectivity index (χ1) is 10.2. The Morgan fingerprint density at radius 2 is 2.05 bits per heavy atom. The fraction of sp³-hybridized carbons (Fsp3) is 0.500. The number of nitro benzene ring substituents is 1. The van der Waals surface area contributed by atoms with Gasteiger partial charge in [-0.3, -0.25) is 10.1 Å². The highest BCUT2D eigenvalue weighted by molar-refractivity contribution is 5.67. The van der Waals surface area contributed by atoms with E-state index in [2.05, 4.69) is 10.6 Å². The molecule has 0 bridgehead atoms. The number of benzene rings is 1. The highest BCUT2D eigenvalue weighted by Gasteiger charge is 2.15. The van der Waals surface area contributed by atoms with Gasteiger partial charge in [0.15, 0.2) is 0 Å². The van der Waals surface area contributed by atoms with Crippen molar-refractivity contribution in [3.63, 3.8) is 0 Å². The molecule has 22 heavy (non-hydrogen) atoms. The van der Waals surface area contributed by atoms with Gasteiger partial charge in [0.25, 0.3) is 0 Å². The molecule has 1 aromatic rings. The van der Waals surface area contributed by atoms with Gasteiger partial charge in [0.1, 0.15) is 5.60 Å². The van der Waals surface area contributed by atoms with Crippen LogP contribution in [0, 0.1) is 15.9 Å². The first-order valence-electron chi connectivity index (χ1n) is 6.84. The number of hydrogen-bond donors (Lipinski definition) is 2. The minimum absolute atomic E-state index is 0.394. The van der Waals surface area contributed by atoms with E-state index in [9.17, 15) is 19.3 Å². The number of anilines is 1. The summed E-state index contributed by atoms with van der Waals surface area (Å²) in [5.41, 5.74) is -0.669. The van der Waals surface area contributed by atoms with E-state index < -0.39 is 28.1 Å². The van der Waals surface area contributed by atoms with Crippen molar-refractivity contribution in [2.24, 2.45) is 0 Å². The van der Waals surface area contributed by atoms with Crippen LogP contribution < -0.4 is 10.6 Å². The highest BCUT2D eigenvalue weighted by atomic mass is 19.1. The molecule has 1 aromatic carbocycles. The molecule has 0 aliphatic carbocycles. The molecule has 7 nitrogen and oxygen atoms in total. The fourth-order valence-corrected chi connectivity index (χ4v) is 1.59. The third-order valence-corrected chi connectivity index (χ3v) is 2.49. The lowest BCUT2D eigenvalue weighted by atomic mass is 10.2. The van der Waals surface area contributed by atoms with Crippen LogP contribution in [-0.2, 0) is 4.74 Å². The normalized spacial score (nSPS) is 10.9. The van der Waals surface area contributed by atoms with Crippen LogP contribution in [0.4, 0.5) is 20.6 Å². The van der Waals surface area contributed by atoms with Crippen molar-refractivity contribution in [2.75, 3.05) is 18.4 Å². The molecule has 8 heteroatoms. The molecule has 0 spiro atoms. The van der Waals surface area contributed by atoms with Gasteiger partial charge in [-0.05, 0) is 39.3 Å². The number of carbonyl (C=O) groups is 1. The van der Waals surface area contributed by atoms with Gasteiger partial charge in [0.05, 0.1) is 4.92 Å². The van der Waals surface area contributed by atoms with Gasteiger partial charge in [-0.1, -0.05) is 0 Å². The molecular weight excluding hydrogens is 293 g/mol. The number of nitrogens with one attached hydrogen (secondary N) is 2. The molecule has 0 unspecified atom stereocenters. The van der Waals surface area contributed by atoms with E-state index >= 15 is 0 Å². The highest BCUT2D eigenvalue weighted by Crippen LogP contribution is 2.21. The summed E-state index contributed by atoms with van der Waals surface area (Å²) in [5.74, 6) is -0.873. The first kappa shape index (κ1) is 17.7. The van der Waals surface area contributed by atoms with E-state index in [-0.39, 0.29) is 0 Å². The van der Waals surface area contributed by atoms with Gasteiger partial charge >= 0.3 is 11.8 Å². The standard InChI is InChI=1S/C14H20FN3O4/c1-14(2,3)22-13(19)17-8-4-7-16-10-5-6-11(15)12(9-10)18(20)21/h5-6,9,16H,4,7-8H2,1-3H3,(H,17,19). The number of halogens is 1. The number of nitro groups is 1. The van der Waals surface area contributed by atoms with Crippen molar-refractivity contribution >= 4 is 17.5 Å². The maximum Gasteiger partial charge on any atom is 0.407 e. The second-order valence-corrected chi connectivity index (χ2v) is 5.63. The van der Waals surface area contributed by atoms with Gasteiger partial charge in [-0.2, -0.15) is 4.39 Å². The Morgan fingerprint density at radius 3 is 2.64 bits per heavy atom. The van der Waals surface area contributed by atoms with Crippen LogP contribution in [0.5, 0.6) is 0 Å². The third kappa shape index (κ3) is 6.38. The number of nitrogens with zero attached hydrogens (tertiary/aromatic N) is 1. The van der Waals surface area contributed by atoms with Crippen molar-refractivity contribution in [2.45, 2.75) is 32.8 Å². The van der Waals surface area contributed by atoms with Gasteiger partial charge in [0, 0.05) is 24.8 Å². The Labute approximate surface area is 128 Å². The smallest absolute Gasteiger partial charge is 0.407 e. The zero-order valence-electron chi connectivity index (χ0n) is 12.8. The maximum atomic E-state index is 13.2. The lowest BCUT2D eigenvalue weighted by molar-refractivity contribution is -0.387. The zero-order chi connectivity index (χ0) is 16.8. The Bertz CT molecular complexity index is 543. The maximum absolute atomic E-state index is 13.2. The van der Waals surface area contributed by atoms with Crippen LogP contribution >= 0.6 is 0 Å². The number of amides is 1. The molecule has 122 valence electrons. The minimum atomic E-state index is -0.873. The zero-order valence-corrected chi connectivity index (χ0v) is 12.8. The predicted molar refractivity (Wildman–Crippen MR) is 80.4 cm³/mol. The summed E-state index contributed by atoms with van der Waals surface area (Å²) >= 11 is 0. The molecule has 0 saturated carbocycles. The number of ether oxygens (including phenoxy) is 1. The topological polar surface area (TPSA) is 93.5 Å². The molecule has 2 N–H and O–H groups in total. The summed E-state index contributed by atoms with van der Waals surface area (Å²) in [7, 11) is 0. The van der Waals surface area contributed by atoms with Crippen molar-refractivity contribution in [1.82, 2.24) is 5.32 Å². The first-order valence-corrected chi connectivity index (χ1v) is 6.84. The minimum Gasteiger partial charge on any atom is -0.444 e. The number of rotatable bonds is 6. The van der Waals surface area contributed by atoms with Crippen molar-refractivity contribution < 1.29 is 18.8 Å². The van der Waals surface area contributed by atoms with Gasteiger partial charge in [-0.15, -0.1) is 0 Å². The number of hydrogen-bond acceptors (Lipinski definition) is 5. The quantitative estimate of drug-likeness (QED) is 0.478. The van der Waals surface area contributed by atoms with Crippen molar-refractivity contribution in [3.05, 3.63) is 34.1 Å². The number of carbonyl (C=O) groups excluding carboxylic acids is 1. The SMILES string of the molecule is CC(C)(C)OC(=O)NCCCNc1ccc(F)c([N+](=O)[O-])c1. The predicted octanol–water partition coefficient (Wildman–Crippen LogP) is 3.06. The lowest BCUT2D eigenvalue weighted by Crippen LogP contribution is -2.33. The molecule has 0 atom stereocenters. The van der Waals surface area contributed by atoms with Crippen LogP contribution in [0.3, 0.4) is 0 Å². The van der Waals surface area contributed by atoms with E-state index in [0.717, 1.165) is 12.1 Å². The fourth-order valence-electron chi connectivity index (χ4n) is 1.59. The van der Waals surface area contributed by atoms with Gasteiger partial charge in [-0.25, -0.2) is 4.79 Å². The Kier molecular flexibility index (Phi) is 6.09. The van der Waals surface area contributed by atoms with Crippen molar-refractivity contribution in [1.29, 1.82) is 0 Å². The Hall–Kier alpha value is -2.38. The van der Waals surface area contributed by atoms with Gasteiger partial charge < -0.3 is 15.4 Å². The third-order valence-electron chi connectivity index (χ3n) is 2.49. The molecule has 0 fully saturated rings. The molecule has 0 aliphatic heterocycles. The van der Waals surface area contributed by atoms with E-state index in [0.29, 0.717) is 25.2 Å². The molecule has 0 aromatic heterocycles. The molecule has 0 saturated heterocycles. The summed E-state index contributed by atoms with van der Waals surface area (Å²) in [4.78, 5) is 21.2. The lowest BCUT2D eigenvalue weighted by Gasteiger charge is -2.19. The largest absolute Gasteiger partial charge is 0.444 e. The molecule has 0 heterocycles. The summed E-state index contributed by atoms with van der Waals surface area (Å²) in [6, 6.07) is 3.60. The molecule has 0 aliphatic rings. The number of alkyl carbamates (subject to hydrolysis) is 1. The summed E-state index contributed by atoms with van der Waals surface area (Å²) in [5, 5.41) is 16.1. The average molecular weight is 313 g/mol. The van der Waals surface area contributed by atoms with Gasteiger partial charge in [0.2, 0.25) is 5.82 Å². The monoisotopic (exact) mass is 313 g/mol. The molecular formula is C14H20FN3O4.